The van der Waals surface area contributed by atoms with Crippen LogP contribution >= 0.6 is 0 Å². The highest BCUT2D eigenvalue weighted by atomic mass is 19.4. The van der Waals surface area contributed by atoms with Crippen LogP contribution in [0.15, 0.2) is 76.7 Å². The molecule has 13 heteroatoms. The zero-order valence-electron chi connectivity index (χ0n) is 23.5. The van der Waals surface area contributed by atoms with Gasteiger partial charge in [0.15, 0.2) is 0 Å². The SMILES string of the molecule is Cc1c(N2CCN(Cc3ccncn3)CC2)c(=O)n(C[C@@H](N)c2ccccc2)c(=O)n1Cc1c(F)cccc1C(F)(F)F. The zero-order valence-corrected chi connectivity index (χ0v) is 23.5. The third kappa shape index (κ3) is 6.52. The lowest BCUT2D eigenvalue weighted by Crippen LogP contribution is -2.51. The minimum absolute atomic E-state index is 0.153. The quantitative estimate of drug-likeness (QED) is 0.311. The number of alkyl halides is 3. The van der Waals surface area contributed by atoms with Crippen LogP contribution < -0.4 is 21.9 Å². The minimum Gasteiger partial charge on any atom is -0.363 e. The number of halogens is 4. The number of aromatic nitrogens is 4. The molecule has 0 spiro atoms. The van der Waals surface area contributed by atoms with Crippen molar-refractivity contribution in [2.24, 2.45) is 5.73 Å². The largest absolute Gasteiger partial charge is 0.416 e. The predicted molar refractivity (Wildman–Crippen MR) is 153 cm³/mol. The molecule has 0 aliphatic carbocycles. The smallest absolute Gasteiger partial charge is 0.363 e. The Labute approximate surface area is 244 Å². The van der Waals surface area contributed by atoms with Crippen molar-refractivity contribution in [1.82, 2.24) is 24.0 Å². The number of rotatable bonds is 8. The fourth-order valence-corrected chi connectivity index (χ4v) is 5.41. The molecule has 1 aliphatic heterocycles. The summed E-state index contributed by atoms with van der Waals surface area (Å²) in [5.74, 6) is -1.10. The molecule has 5 rings (SSSR count). The third-order valence-corrected chi connectivity index (χ3v) is 7.72. The van der Waals surface area contributed by atoms with Gasteiger partial charge in [-0.2, -0.15) is 13.2 Å². The van der Waals surface area contributed by atoms with Crippen molar-refractivity contribution in [3.8, 4) is 0 Å². The number of piperazine rings is 1. The molecule has 1 atom stereocenters. The average molecular weight is 598 g/mol. The minimum atomic E-state index is -4.85. The summed E-state index contributed by atoms with van der Waals surface area (Å²) in [5, 5.41) is 0. The van der Waals surface area contributed by atoms with Gasteiger partial charge in [-0.25, -0.2) is 19.2 Å². The van der Waals surface area contributed by atoms with Crippen LogP contribution in [-0.4, -0.2) is 50.2 Å². The highest BCUT2D eigenvalue weighted by molar-refractivity contribution is 5.50. The number of nitrogens with two attached hydrogens (primary N) is 1. The van der Waals surface area contributed by atoms with Crippen molar-refractivity contribution in [1.29, 1.82) is 0 Å². The van der Waals surface area contributed by atoms with Crippen LogP contribution in [0.3, 0.4) is 0 Å². The molecule has 3 heterocycles. The molecular formula is C30H31F4N7O2. The van der Waals surface area contributed by atoms with Crippen LogP contribution in [0.2, 0.25) is 0 Å². The first-order valence-corrected chi connectivity index (χ1v) is 13.8. The van der Waals surface area contributed by atoms with Gasteiger partial charge >= 0.3 is 11.9 Å². The number of hydrogen-bond donors (Lipinski definition) is 1. The Hall–Kier alpha value is -4.36. The first kappa shape index (κ1) is 30.1. The zero-order chi connectivity index (χ0) is 30.7. The van der Waals surface area contributed by atoms with Crippen molar-refractivity contribution in [3.63, 3.8) is 0 Å². The molecule has 0 radical (unpaired) electrons. The lowest BCUT2D eigenvalue weighted by molar-refractivity contribution is -0.138. The second kappa shape index (κ2) is 12.5. The normalized spacial score (nSPS) is 15.1. The molecule has 226 valence electrons. The molecule has 9 nitrogen and oxygen atoms in total. The highest BCUT2D eigenvalue weighted by Crippen LogP contribution is 2.33. The first-order chi connectivity index (χ1) is 20.5. The van der Waals surface area contributed by atoms with Gasteiger partial charge < -0.3 is 10.6 Å². The summed E-state index contributed by atoms with van der Waals surface area (Å²) >= 11 is 0. The molecule has 4 aromatic rings. The molecule has 2 aromatic carbocycles. The summed E-state index contributed by atoms with van der Waals surface area (Å²) in [6, 6.07) is 12.6. The van der Waals surface area contributed by atoms with Gasteiger partial charge in [0.05, 0.1) is 24.3 Å². The van der Waals surface area contributed by atoms with Crippen LogP contribution in [0.25, 0.3) is 0 Å². The van der Waals surface area contributed by atoms with Gasteiger partial charge in [-0.3, -0.25) is 18.8 Å². The first-order valence-electron chi connectivity index (χ1n) is 13.8. The summed E-state index contributed by atoms with van der Waals surface area (Å²) in [7, 11) is 0. The van der Waals surface area contributed by atoms with Crippen molar-refractivity contribution >= 4 is 5.69 Å². The van der Waals surface area contributed by atoms with Gasteiger partial charge in [0.1, 0.15) is 17.8 Å². The summed E-state index contributed by atoms with van der Waals surface area (Å²) in [6.45, 7) is 3.11. The number of hydrogen-bond acceptors (Lipinski definition) is 7. The molecule has 1 fully saturated rings. The third-order valence-electron chi connectivity index (χ3n) is 7.72. The van der Waals surface area contributed by atoms with E-state index in [1.54, 1.807) is 36.5 Å². The molecule has 0 saturated carbocycles. The maximum absolute atomic E-state index is 14.9. The van der Waals surface area contributed by atoms with Crippen molar-refractivity contribution in [2.45, 2.75) is 38.8 Å². The van der Waals surface area contributed by atoms with E-state index < -0.39 is 47.0 Å². The van der Waals surface area contributed by atoms with E-state index in [0.717, 1.165) is 33.0 Å². The average Bonchev–Trinajstić information content (AvgIpc) is 2.99. The number of nitrogens with zero attached hydrogens (tertiary/aromatic N) is 6. The van der Waals surface area contributed by atoms with Gasteiger partial charge in [-0.05, 0) is 30.7 Å². The van der Waals surface area contributed by atoms with Crippen LogP contribution in [0.1, 0.15) is 34.1 Å². The highest BCUT2D eigenvalue weighted by Gasteiger charge is 2.35. The van der Waals surface area contributed by atoms with E-state index >= 15 is 0 Å². The second-order valence-corrected chi connectivity index (χ2v) is 10.5. The fraction of sp³-hybridized carbons (Fsp3) is 0.333. The second-order valence-electron chi connectivity index (χ2n) is 10.5. The van der Waals surface area contributed by atoms with Gasteiger partial charge in [0.25, 0.3) is 5.56 Å². The summed E-state index contributed by atoms with van der Waals surface area (Å²) < 4.78 is 58.4. The molecule has 1 aliphatic rings. The van der Waals surface area contributed by atoms with E-state index in [-0.39, 0.29) is 17.9 Å². The standard InChI is InChI=1S/C30H31F4N7O2/c1-20-27(39-14-12-38(13-15-39)16-22-10-11-36-19-37-22)28(42)41(18-26(35)21-6-3-2-4-7-21)29(43)40(20)17-23-24(30(32,33)34)8-5-9-25(23)31/h2-11,19,26H,12-18,35H2,1H3/t26-/m1/s1. The molecule has 43 heavy (non-hydrogen) atoms. The summed E-state index contributed by atoms with van der Waals surface area (Å²) in [4.78, 5) is 39.8. The molecule has 0 bridgehead atoms. The number of anilines is 1. The van der Waals surface area contributed by atoms with Crippen LogP contribution in [0, 0.1) is 12.7 Å². The van der Waals surface area contributed by atoms with E-state index in [4.69, 9.17) is 5.73 Å². The molecular weight excluding hydrogens is 566 g/mol. The molecule has 1 saturated heterocycles. The Kier molecular flexibility index (Phi) is 8.74. The Bertz CT molecular complexity index is 1680. The maximum atomic E-state index is 14.9. The van der Waals surface area contributed by atoms with E-state index in [2.05, 4.69) is 14.9 Å². The Morgan fingerprint density at radius 1 is 0.930 bits per heavy atom. The van der Waals surface area contributed by atoms with Crippen LogP contribution in [0.4, 0.5) is 23.2 Å². The lowest BCUT2D eigenvalue weighted by Gasteiger charge is -2.36. The van der Waals surface area contributed by atoms with Crippen molar-refractivity contribution in [3.05, 3.63) is 122 Å². The van der Waals surface area contributed by atoms with E-state index in [1.165, 1.54) is 13.3 Å². The van der Waals surface area contributed by atoms with Crippen LogP contribution in [0.5, 0.6) is 0 Å². The maximum Gasteiger partial charge on any atom is 0.416 e. The van der Waals surface area contributed by atoms with Gasteiger partial charge in [0, 0.05) is 56.2 Å². The topological polar surface area (TPSA) is 102 Å². The molecule has 0 amide bonds. The Morgan fingerprint density at radius 3 is 2.30 bits per heavy atom. The van der Waals surface area contributed by atoms with Gasteiger partial charge in [-0.1, -0.05) is 36.4 Å². The Morgan fingerprint density at radius 2 is 1.65 bits per heavy atom. The van der Waals surface area contributed by atoms with Gasteiger partial charge in [0.2, 0.25) is 0 Å². The molecule has 0 unspecified atom stereocenters. The fourth-order valence-electron chi connectivity index (χ4n) is 5.41. The van der Waals surface area contributed by atoms with Crippen LogP contribution in [-0.2, 0) is 25.8 Å². The summed E-state index contributed by atoms with van der Waals surface area (Å²) in [5.41, 5.74) is 4.90. The monoisotopic (exact) mass is 597 g/mol. The van der Waals surface area contributed by atoms with E-state index in [9.17, 15) is 27.2 Å². The van der Waals surface area contributed by atoms with E-state index in [1.807, 2.05) is 11.0 Å². The van der Waals surface area contributed by atoms with E-state index in [0.29, 0.717) is 38.3 Å². The Balaban J connectivity index is 1.55. The lowest BCUT2D eigenvalue weighted by atomic mass is 10.1. The predicted octanol–water partition coefficient (Wildman–Crippen LogP) is 3.34. The number of benzene rings is 2. The van der Waals surface area contributed by atoms with Gasteiger partial charge in [-0.15, -0.1) is 0 Å². The van der Waals surface area contributed by atoms with Crippen molar-refractivity contribution in [2.75, 3.05) is 31.1 Å². The molecule has 2 aromatic heterocycles. The molecule has 2 N–H and O–H groups in total. The van der Waals surface area contributed by atoms with Crippen molar-refractivity contribution < 1.29 is 17.6 Å². The summed E-state index contributed by atoms with van der Waals surface area (Å²) in [6.07, 6.45) is -1.71.